The average molecular weight is 390 g/mol. The van der Waals surface area contributed by atoms with Crippen LogP contribution in [0.25, 0.3) is 5.57 Å². The Kier molecular flexibility index (Phi) is 6.86. The number of benzene rings is 2. The zero-order chi connectivity index (χ0) is 20.8. The highest BCUT2D eigenvalue weighted by atomic mass is 16.2. The highest BCUT2D eigenvalue weighted by molar-refractivity contribution is 6.08. The summed E-state index contributed by atoms with van der Waals surface area (Å²) >= 11 is 0. The first-order chi connectivity index (χ1) is 14.1. The molecule has 4 heteroatoms. The van der Waals surface area contributed by atoms with E-state index in [0.717, 1.165) is 49.1 Å². The summed E-state index contributed by atoms with van der Waals surface area (Å²) in [5.41, 5.74) is 6.53. The third kappa shape index (κ3) is 4.76. The Balaban J connectivity index is 1.63. The van der Waals surface area contributed by atoms with Crippen LogP contribution < -0.4 is 5.32 Å². The molecule has 2 aromatic carbocycles. The number of likely N-dealkylation sites (tertiary alicyclic amines) is 1. The zero-order valence-corrected chi connectivity index (χ0v) is 17.7. The fourth-order valence-electron chi connectivity index (χ4n) is 4.14. The molecule has 4 nitrogen and oxygen atoms in total. The maximum Gasteiger partial charge on any atom is 0.253 e. The molecule has 152 valence electrons. The molecule has 0 bridgehead atoms. The minimum atomic E-state index is 0.150. The second-order valence-corrected chi connectivity index (χ2v) is 7.72. The molecule has 1 aliphatic heterocycles. The van der Waals surface area contributed by atoms with E-state index in [1.54, 1.807) is 0 Å². The van der Waals surface area contributed by atoms with Gasteiger partial charge in [-0.05, 0) is 66.5 Å². The molecular formula is C25H31N3O. The van der Waals surface area contributed by atoms with Crippen molar-refractivity contribution < 1.29 is 4.79 Å². The highest BCUT2D eigenvalue weighted by Gasteiger charge is 2.24. The lowest BCUT2D eigenvalue weighted by atomic mass is 9.88. The van der Waals surface area contributed by atoms with Crippen LogP contribution in [0.2, 0.25) is 0 Å². The summed E-state index contributed by atoms with van der Waals surface area (Å²) in [4.78, 5) is 14.9. The number of nitrogens with one attached hydrogen (secondary N) is 2. The molecule has 0 aliphatic carbocycles. The predicted octanol–water partition coefficient (Wildman–Crippen LogP) is 4.79. The quantitative estimate of drug-likeness (QED) is 0.698. The fourth-order valence-corrected chi connectivity index (χ4v) is 4.14. The van der Waals surface area contributed by atoms with Gasteiger partial charge in [0.1, 0.15) is 0 Å². The molecule has 0 radical (unpaired) electrons. The van der Waals surface area contributed by atoms with Gasteiger partial charge in [0.25, 0.3) is 5.91 Å². The fraction of sp³-hybridized carbons (Fsp3) is 0.360. The van der Waals surface area contributed by atoms with Crippen LogP contribution in [-0.4, -0.2) is 37.2 Å². The molecule has 2 N–H and O–H groups in total. The molecule has 2 aromatic rings. The summed E-state index contributed by atoms with van der Waals surface area (Å²) in [5, 5.41) is 10.5. The summed E-state index contributed by atoms with van der Waals surface area (Å²) in [6, 6.07) is 14.6. The second kappa shape index (κ2) is 9.55. The first-order valence-electron chi connectivity index (χ1n) is 10.4. The third-order valence-electron chi connectivity index (χ3n) is 5.92. The van der Waals surface area contributed by atoms with Gasteiger partial charge in [-0.3, -0.25) is 4.79 Å². The van der Waals surface area contributed by atoms with E-state index >= 15 is 0 Å². The zero-order valence-electron chi connectivity index (χ0n) is 17.7. The van der Waals surface area contributed by atoms with Crippen molar-refractivity contribution in [1.82, 2.24) is 10.2 Å². The Morgan fingerprint density at radius 1 is 1.14 bits per heavy atom. The van der Waals surface area contributed by atoms with Crippen LogP contribution in [0.3, 0.4) is 0 Å². The number of carbonyl (C=O) groups excluding carboxylic acids is 1. The largest absolute Gasteiger partial charge is 0.393 e. The Hall–Kier alpha value is -2.88. The van der Waals surface area contributed by atoms with Crippen molar-refractivity contribution in [1.29, 1.82) is 5.41 Å². The molecule has 0 spiro atoms. The maximum atomic E-state index is 12.9. The van der Waals surface area contributed by atoms with E-state index < -0.39 is 0 Å². The van der Waals surface area contributed by atoms with Gasteiger partial charge < -0.3 is 15.6 Å². The molecular weight excluding hydrogens is 358 g/mol. The predicted molar refractivity (Wildman–Crippen MR) is 121 cm³/mol. The Morgan fingerprint density at radius 2 is 1.79 bits per heavy atom. The van der Waals surface area contributed by atoms with Gasteiger partial charge in [-0.15, -0.1) is 0 Å². The summed E-state index contributed by atoms with van der Waals surface area (Å²) < 4.78 is 0. The highest BCUT2D eigenvalue weighted by Crippen LogP contribution is 2.29. The number of hydrogen-bond donors (Lipinski definition) is 2. The van der Waals surface area contributed by atoms with E-state index in [2.05, 4.69) is 49.5 Å². The van der Waals surface area contributed by atoms with Crippen molar-refractivity contribution in [2.75, 3.05) is 20.1 Å². The minimum Gasteiger partial charge on any atom is -0.393 e. The van der Waals surface area contributed by atoms with Crippen molar-refractivity contribution in [3.63, 3.8) is 0 Å². The molecule has 1 heterocycles. The lowest BCUT2D eigenvalue weighted by Gasteiger charge is -2.32. The number of aryl methyl sites for hydroxylation is 2. The Labute approximate surface area is 174 Å². The second-order valence-electron chi connectivity index (χ2n) is 7.72. The van der Waals surface area contributed by atoms with Gasteiger partial charge >= 0.3 is 0 Å². The van der Waals surface area contributed by atoms with Gasteiger partial charge in [0.2, 0.25) is 0 Å². The molecule has 1 aliphatic rings. The Morgan fingerprint density at radius 3 is 2.34 bits per heavy atom. The SMILES string of the molecule is CCc1ccc(C(=O)N2CCC(c3ccc(/C(C=N)=C/NC)cc3)CC2)cc1C. The molecule has 1 amide bonds. The van der Waals surface area contributed by atoms with E-state index in [1.807, 2.05) is 30.3 Å². The van der Waals surface area contributed by atoms with Gasteiger partial charge in [-0.2, -0.15) is 0 Å². The van der Waals surface area contributed by atoms with E-state index in [0.29, 0.717) is 5.92 Å². The third-order valence-corrected chi connectivity index (χ3v) is 5.92. The van der Waals surface area contributed by atoms with Crippen LogP contribution in [0.5, 0.6) is 0 Å². The number of hydrogen-bond acceptors (Lipinski definition) is 3. The normalized spacial score (nSPS) is 15.3. The van der Waals surface area contributed by atoms with Gasteiger partial charge in [-0.25, -0.2) is 0 Å². The first-order valence-corrected chi connectivity index (χ1v) is 10.4. The Bertz CT molecular complexity index is 891. The summed E-state index contributed by atoms with van der Waals surface area (Å²) in [6.45, 7) is 5.82. The van der Waals surface area contributed by atoms with Gasteiger partial charge in [0, 0.05) is 43.7 Å². The van der Waals surface area contributed by atoms with Gasteiger partial charge in [-0.1, -0.05) is 37.3 Å². The van der Waals surface area contributed by atoms with Crippen molar-refractivity contribution in [2.45, 2.75) is 39.0 Å². The van der Waals surface area contributed by atoms with Crippen molar-refractivity contribution in [3.05, 3.63) is 76.5 Å². The smallest absolute Gasteiger partial charge is 0.253 e. The molecule has 0 saturated carbocycles. The van der Waals surface area contributed by atoms with Crippen molar-refractivity contribution in [2.24, 2.45) is 0 Å². The maximum absolute atomic E-state index is 12.9. The van der Waals surface area contributed by atoms with Crippen LogP contribution in [0.15, 0.2) is 48.7 Å². The topological polar surface area (TPSA) is 56.2 Å². The van der Waals surface area contributed by atoms with Crippen molar-refractivity contribution >= 4 is 17.7 Å². The molecule has 1 saturated heterocycles. The van der Waals surface area contributed by atoms with Crippen LogP contribution >= 0.6 is 0 Å². The van der Waals surface area contributed by atoms with E-state index in [-0.39, 0.29) is 5.91 Å². The summed E-state index contributed by atoms with van der Waals surface area (Å²) in [6.07, 6.45) is 6.17. The average Bonchev–Trinajstić information content (AvgIpc) is 2.77. The molecule has 0 aromatic heterocycles. The lowest BCUT2D eigenvalue weighted by molar-refractivity contribution is 0.0713. The minimum absolute atomic E-state index is 0.150. The summed E-state index contributed by atoms with van der Waals surface area (Å²) in [7, 11) is 1.84. The number of carbonyl (C=O) groups is 1. The van der Waals surface area contributed by atoms with Crippen LogP contribution in [0.4, 0.5) is 0 Å². The molecule has 0 unspecified atom stereocenters. The molecule has 3 rings (SSSR count). The van der Waals surface area contributed by atoms with Crippen LogP contribution in [0, 0.1) is 12.3 Å². The van der Waals surface area contributed by atoms with E-state index in [1.165, 1.54) is 22.9 Å². The molecule has 0 atom stereocenters. The first kappa shape index (κ1) is 20.8. The number of piperidine rings is 1. The number of rotatable bonds is 6. The standard InChI is InChI=1S/C25H31N3O/c1-4-19-5-10-23(15-18(19)2)25(29)28-13-11-22(12-14-28)20-6-8-21(9-7-20)24(16-26)17-27-3/h5-10,15-17,22,26-27H,4,11-14H2,1-3H3/b24-17+,26-16?. The molecule has 1 fully saturated rings. The van der Waals surface area contributed by atoms with Crippen LogP contribution in [0.1, 0.15) is 58.3 Å². The number of allylic oxidation sites excluding steroid dienone is 1. The molecule has 29 heavy (non-hydrogen) atoms. The monoisotopic (exact) mass is 389 g/mol. The van der Waals surface area contributed by atoms with Gasteiger partial charge in [0.05, 0.1) is 0 Å². The van der Waals surface area contributed by atoms with E-state index in [4.69, 9.17) is 5.41 Å². The van der Waals surface area contributed by atoms with E-state index in [9.17, 15) is 4.79 Å². The van der Waals surface area contributed by atoms with Gasteiger partial charge in [0.15, 0.2) is 0 Å². The number of amides is 1. The lowest BCUT2D eigenvalue weighted by Crippen LogP contribution is -2.38. The van der Waals surface area contributed by atoms with Crippen LogP contribution in [-0.2, 0) is 6.42 Å². The number of nitrogens with zero attached hydrogens (tertiary/aromatic N) is 1. The van der Waals surface area contributed by atoms with Crippen molar-refractivity contribution in [3.8, 4) is 0 Å². The summed E-state index contributed by atoms with van der Waals surface area (Å²) in [5.74, 6) is 0.631.